The number of sulfonamides is 1. The van der Waals surface area contributed by atoms with Gasteiger partial charge in [-0.15, -0.1) is 0 Å². The Kier molecular flexibility index (Phi) is 5.04. The maximum Gasteiger partial charge on any atom is 0.242 e. The summed E-state index contributed by atoms with van der Waals surface area (Å²) in [7, 11) is -3.67. The molecule has 20 heavy (non-hydrogen) atoms. The van der Waals surface area contributed by atoms with E-state index in [-0.39, 0.29) is 23.1 Å². The van der Waals surface area contributed by atoms with Gasteiger partial charge in [-0.2, -0.15) is 0 Å². The normalized spacial score (nSPS) is 18.9. The van der Waals surface area contributed by atoms with Crippen LogP contribution >= 0.6 is 11.6 Å². The molecule has 0 spiro atoms. The summed E-state index contributed by atoms with van der Waals surface area (Å²) < 4.78 is 32.3. The van der Waals surface area contributed by atoms with Gasteiger partial charge in [-0.3, -0.25) is 0 Å². The molecule has 5 nitrogen and oxygen atoms in total. The molecule has 0 aliphatic carbocycles. The van der Waals surface area contributed by atoms with E-state index in [1.807, 2.05) is 0 Å². The lowest BCUT2D eigenvalue weighted by molar-refractivity contribution is -0.0126. The maximum atomic E-state index is 12.2. The second-order valence-electron chi connectivity index (χ2n) is 5.03. The fourth-order valence-electron chi connectivity index (χ4n) is 2.18. The van der Waals surface area contributed by atoms with Crippen molar-refractivity contribution in [2.24, 2.45) is 5.41 Å². The van der Waals surface area contributed by atoms with Crippen molar-refractivity contribution in [1.82, 2.24) is 4.72 Å². The Morgan fingerprint density at radius 2 is 1.95 bits per heavy atom. The highest BCUT2D eigenvalue weighted by Crippen LogP contribution is 2.30. The first-order valence-electron chi connectivity index (χ1n) is 6.42. The van der Waals surface area contributed by atoms with E-state index in [0.717, 1.165) is 0 Å². The molecule has 1 aromatic rings. The lowest BCUT2D eigenvalue weighted by atomic mass is 9.81. The Balaban J connectivity index is 2.11. The molecule has 1 aliphatic rings. The van der Waals surface area contributed by atoms with E-state index in [1.54, 1.807) is 12.1 Å². The van der Waals surface area contributed by atoms with E-state index in [2.05, 4.69) is 4.72 Å². The Morgan fingerprint density at radius 1 is 1.30 bits per heavy atom. The van der Waals surface area contributed by atoms with Crippen molar-refractivity contribution in [2.75, 3.05) is 26.4 Å². The van der Waals surface area contributed by atoms with Gasteiger partial charge in [-0.1, -0.05) is 23.7 Å². The summed E-state index contributed by atoms with van der Waals surface area (Å²) in [4.78, 5) is 0.0572. The lowest BCUT2D eigenvalue weighted by Gasteiger charge is -2.35. The van der Waals surface area contributed by atoms with E-state index in [4.69, 9.17) is 16.3 Å². The molecule has 1 saturated heterocycles. The molecular weight excluding hydrogens is 302 g/mol. The van der Waals surface area contributed by atoms with Gasteiger partial charge in [0.2, 0.25) is 10.0 Å². The van der Waals surface area contributed by atoms with Crippen LogP contribution in [-0.4, -0.2) is 39.9 Å². The Morgan fingerprint density at radius 3 is 2.55 bits per heavy atom. The Hall–Kier alpha value is -0.660. The van der Waals surface area contributed by atoms with E-state index in [0.29, 0.717) is 26.1 Å². The van der Waals surface area contributed by atoms with Crippen molar-refractivity contribution in [1.29, 1.82) is 0 Å². The first kappa shape index (κ1) is 15.7. The van der Waals surface area contributed by atoms with Gasteiger partial charge >= 0.3 is 0 Å². The first-order chi connectivity index (χ1) is 9.49. The third kappa shape index (κ3) is 3.51. The monoisotopic (exact) mass is 319 g/mol. The highest BCUT2D eigenvalue weighted by molar-refractivity contribution is 7.89. The van der Waals surface area contributed by atoms with Crippen molar-refractivity contribution in [3.63, 3.8) is 0 Å². The van der Waals surface area contributed by atoms with E-state index < -0.39 is 15.4 Å². The Bertz CT molecular complexity index is 555. The predicted molar refractivity (Wildman–Crippen MR) is 76.2 cm³/mol. The summed E-state index contributed by atoms with van der Waals surface area (Å²) in [5.74, 6) is 0. The summed E-state index contributed by atoms with van der Waals surface area (Å²) in [6.07, 6.45) is 1.27. The molecule has 0 amide bonds. The van der Waals surface area contributed by atoms with Crippen LogP contribution in [0.5, 0.6) is 0 Å². The number of hydrogen-bond donors (Lipinski definition) is 2. The number of aliphatic hydroxyl groups is 1. The largest absolute Gasteiger partial charge is 0.396 e. The van der Waals surface area contributed by atoms with Crippen LogP contribution in [0.25, 0.3) is 0 Å². The fraction of sp³-hybridized carbons (Fsp3) is 0.538. The zero-order chi connectivity index (χ0) is 14.6. The van der Waals surface area contributed by atoms with Crippen LogP contribution in [0.2, 0.25) is 5.02 Å². The zero-order valence-corrected chi connectivity index (χ0v) is 12.6. The van der Waals surface area contributed by atoms with Crippen LogP contribution in [0.4, 0.5) is 0 Å². The van der Waals surface area contributed by atoms with Gasteiger partial charge in [0, 0.05) is 25.2 Å². The number of halogens is 1. The minimum absolute atomic E-state index is 0.0572. The molecule has 0 bridgehead atoms. The number of aliphatic hydroxyl groups excluding tert-OH is 1. The van der Waals surface area contributed by atoms with E-state index in [9.17, 15) is 13.5 Å². The molecule has 7 heteroatoms. The van der Waals surface area contributed by atoms with Crippen molar-refractivity contribution in [3.05, 3.63) is 29.3 Å². The van der Waals surface area contributed by atoms with Crippen molar-refractivity contribution in [2.45, 2.75) is 17.7 Å². The molecule has 0 atom stereocenters. The van der Waals surface area contributed by atoms with Crippen LogP contribution in [0.3, 0.4) is 0 Å². The number of ether oxygens (including phenoxy) is 1. The van der Waals surface area contributed by atoms with Crippen LogP contribution in [0.15, 0.2) is 29.2 Å². The summed E-state index contributed by atoms with van der Waals surface area (Å²) >= 11 is 5.91. The van der Waals surface area contributed by atoms with E-state index >= 15 is 0 Å². The molecule has 1 heterocycles. The van der Waals surface area contributed by atoms with Crippen LogP contribution < -0.4 is 4.72 Å². The van der Waals surface area contributed by atoms with Crippen molar-refractivity contribution < 1.29 is 18.3 Å². The molecule has 2 rings (SSSR count). The average molecular weight is 320 g/mol. The summed E-state index contributed by atoms with van der Waals surface area (Å²) in [5.41, 5.74) is -0.452. The molecule has 0 unspecified atom stereocenters. The van der Waals surface area contributed by atoms with Gasteiger partial charge in [0.1, 0.15) is 4.90 Å². The maximum absolute atomic E-state index is 12.2. The lowest BCUT2D eigenvalue weighted by Crippen LogP contribution is -2.43. The molecule has 2 N–H and O–H groups in total. The van der Waals surface area contributed by atoms with E-state index in [1.165, 1.54) is 12.1 Å². The number of hydrogen-bond acceptors (Lipinski definition) is 4. The topological polar surface area (TPSA) is 75.6 Å². The second-order valence-corrected chi connectivity index (χ2v) is 7.17. The summed E-state index contributed by atoms with van der Waals surface area (Å²) in [5, 5.41) is 9.73. The quantitative estimate of drug-likeness (QED) is 0.860. The van der Waals surface area contributed by atoms with Gasteiger partial charge in [0.25, 0.3) is 0 Å². The standard InChI is InChI=1S/C13H18ClNO4S/c14-11-3-1-2-4-12(11)20(17,18)15-9-13(10-16)5-7-19-8-6-13/h1-4,15-16H,5-10H2. The SMILES string of the molecule is O=S(=O)(NCC1(CO)CCOCC1)c1ccccc1Cl. The highest BCUT2D eigenvalue weighted by Gasteiger charge is 2.33. The number of nitrogens with one attached hydrogen (secondary N) is 1. The predicted octanol–water partition coefficient (Wildman–Crippen LogP) is 1.41. The van der Waals surface area contributed by atoms with Gasteiger partial charge in [-0.05, 0) is 25.0 Å². The van der Waals surface area contributed by atoms with Gasteiger partial charge in [0.15, 0.2) is 0 Å². The molecule has 1 fully saturated rings. The number of rotatable bonds is 5. The average Bonchev–Trinajstić information content (AvgIpc) is 2.47. The minimum atomic E-state index is -3.67. The fourth-order valence-corrected chi connectivity index (χ4v) is 3.86. The first-order valence-corrected chi connectivity index (χ1v) is 8.28. The number of benzene rings is 1. The zero-order valence-electron chi connectivity index (χ0n) is 11.0. The van der Waals surface area contributed by atoms with Gasteiger partial charge in [-0.25, -0.2) is 13.1 Å². The summed E-state index contributed by atoms with van der Waals surface area (Å²) in [6.45, 7) is 1.19. The third-order valence-corrected chi connectivity index (χ3v) is 5.55. The van der Waals surface area contributed by atoms with Crippen molar-refractivity contribution in [3.8, 4) is 0 Å². The third-order valence-electron chi connectivity index (χ3n) is 3.65. The Labute approximate surface area is 124 Å². The second kappa shape index (κ2) is 6.41. The summed E-state index contributed by atoms with van der Waals surface area (Å²) in [6, 6.07) is 6.29. The molecule has 1 aromatic carbocycles. The minimum Gasteiger partial charge on any atom is -0.396 e. The van der Waals surface area contributed by atoms with Crippen molar-refractivity contribution >= 4 is 21.6 Å². The van der Waals surface area contributed by atoms with Crippen LogP contribution in [0, 0.1) is 5.41 Å². The molecule has 0 aromatic heterocycles. The molecular formula is C13H18ClNO4S. The molecule has 0 radical (unpaired) electrons. The highest BCUT2D eigenvalue weighted by atomic mass is 35.5. The molecule has 0 saturated carbocycles. The molecule has 1 aliphatic heterocycles. The van der Waals surface area contributed by atoms with Gasteiger partial charge in [0.05, 0.1) is 11.6 Å². The van der Waals surface area contributed by atoms with Crippen LogP contribution in [0.1, 0.15) is 12.8 Å². The van der Waals surface area contributed by atoms with Gasteiger partial charge < -0.3 is 9.84 Å². The molecule has 112 valence electrons. The smallest absolute Gasteiger partial charge is 0.242 e. The van der Waals surface area contributed by atoms with Crippen LogP contribution in [-0.2, 0) is 14.8 Å².